The lowest BCUT2D eigenvalue weighted by molar-refractivity contribution is 0.247. The van der Waals surface area contributed by atoms with Gasteiger partial charge in [0.25, 0.3) is 0 Å². The minimum absolute atomic E-state index is 0.998. The average Bonchev–Trinajstić information content (AvgIpc) is 2.66. The molecule has 1 heterocycles. The van der Waals surface area contributed by atoms with Gasteiger partial charge in [-0.1, -0.05) is 59.4 Å². The van der Waals surface area contributed by atoms with Crippen molar-refractivity contribution in [1.29, 1.82) is 0 Å². The summed E-state index contributed by atoms with van der Waals surface area (Å²) in [6.07, 6.45) is 10.2. The van der Waals surface area contributed by atoms with E-state index in [4.69, 9.17) is 4.98 Å². The first-order chi connectivity index (χ1) is 12.7. The molecule has 3 nitrogen and oxygen atoms in total. The van der Waals surface area contributed by atoms with Gasteiger partial charge in [0, 0.05) is 13.1 Å². The van der Waals surface area contributed by atoms with Crippen LogP contribution in [0.4, 0.5) is 0 Å². The molecule has 0 aliphatic rings. The van der Waals surface area contributed by atoms with Crippen molar-refractivity contribution in [3.63, 3.8) is 0 Å². The van der Waals surface area contributed by atoms with E-state index in [1.165, 1.54) is 88.9 Å². The highest BCUT2D eigenvalue weighted by atomic mass is 15.1. The first-order valence-corrected chi connectivity index (χ1v) is 11.1. The molecule has 0 aliphatic heterocycles. The molecule has 0 amide bonds. The van der Waals surface area contributed by atoms with Gasteiger partial charge in [-0.05, 0) is 64.0 Å². The number of aromatic nitrogens is 1. The van der Waals surface area contributed by atoms with Crippen LogP contribution >= 0.6 is 0 Å². The van der Waals surface area contributed by atoms with Crippen LogP contribution in [0.5, 0.6) is 0 Å². The van der Waals surface area contributed by atoms with Gasteiger partial charge in [-0.25, -0.2) is 0 Å². The molecule has 150 valence electrons. The maximum absolute atomic E-state index is 5.00. The molecule has 3 heteroatoms. The maximum atomic E-state index is 5.00. The molecule has 0 fully saturated rings. The van der Waals surface area contributed by atoms with Crippen LogP contribution in [-0.4, -0.2) is 41.0 Å². The Kier molecular flexibility index (Phi) is 13.5. The van der Waals surface area contributed by atoms with Crippen molar-refractivity contribution >= 4 is 0 Å². The number of nitrogens with zero attached hydrogens (tertiary/aromatic N) is 3. The molecular weight excluding hydrogens is 318 g/mol. The van der Waals surface area contributed by atoms with Gasteiger partial charge >= 0.3 is 0 Å². The topological polar surface area (TPSA) is 19.4 Å². The average molecular weight is 362 g/mol. The number of rotatable bonds is 16. The summed E-state index contributed by atoms with van der Waals surface area (Å²) in [7, 11) is 0. The Morgan fingerprint density at radius 2 is 0.962 bits per heavy atom. The van der Waals surface area contributed by atoms with Gasteiger partial charge in [0.1, 0.15) is 0 Å². The molecule has 0 saturated heterocycles. The predicted molar refractivity (Wildman–Crippen MR) is 114 cm³/mol. The zero-order valence-corrected chi connectivity index (χ0v) is 18.0. The molecule has 0 bridgehead atoms. The molecule has 0 aliphatic carbocycles. The first kappa shape index (κ1) is 23.1. The van der Waals surface area contributed by atoms with Gasteiger partial charge in [-0.3, -0.25) is 14.8 Å². The predicted octanol–water partition coefficient (Wildman–Crippen LogP) is 5.89. The van der Waals surface area contributed by atoms with Gasteiger partial charge in [0.2, 0.25) is 0 Å². The summed E-state index contributed by atoms with van der Waals surface area (Å²) in [6, 6.07) is 6.61. The fourth-order valence-corrected chi connectivity index (χ4v) is 3.23. The molecule has 0 aromatic carbocycles. The summed E-state index contributed by atoms with van der Waals surface area (Å²) in [5, 5.41) is 0. The number of hydrogen-bond donors (Lipinski definition) is 0. The second kappa shape index (κ2) is 15.2. The smallest absolute Gasteiger partial charge is 0.0547 e. The van der Waals surface area contributed by atoms with Crippen molar-refractivity contribution in [2.75, 3.05) is 26.2 Å². The van der Waals surface area contributed by atoms with Gasteiger partial charge in [-0.2, -0.15) is 0 Å². The van der Waals surface area contributed by atoms with E-state index in [2.05, 4.69) is 55.7 Å². The summed E-state index contributed by atoms with van der Waals surface area (Å²) >= 11 is 0. The van der Waals surface area contributed by atoms with E-state index in [1.807, 2.05) is 0 Å². The van der Waals surface area contributed by atoms with Crippen molar-refractivity contribution in [2.45, 2.75) is 92.2 Å². The minimum atomic E-state index is 0.998. The minimum Gasteiger partial charge on any atom is -0.298 e. The molecule has 0 saturated carbocycles. The van der Waals surface area contributed by atoms with E-state index in [-0.39, 0.29) is 0 Å². The fraction of sp³-hybridized carbons (Fsp3) is 0.783. The number of pyridine rings is 1. The van der Waals surface area contributed by atoms with E-state index in [0.717, 1.165) is 13.1 Å². The molecule has 0 unspecified atom stereocenters. The van der Waals surface area contributed by atoms with Crippen molar-refractivity contribution in [1.82, 2.24) is 14.8 Å². The van der Waals surface area contributed by atoms with Gasteiger partial charge in [0.05, 0.1) is 11.4 Å². The van der Waals surface area contributed by atoms with Crippen LogP contribution in [0.1, 0.15) is 90.4 Å². The standard InChI is InChI=1S/C23H43N3/c1-5-9-16-25(17-10-6-2)20-22-14-13-15-23(24-22)21-26(18-11-7-3)19-12-8-4/h13-15H,5-12,16-21H2,1-4H3. The summed E-state index contributed by atoms with van der Waals surface area (Å²) in [5.41, 5.74) is 2.47. The van der Waals surface area contributed by atoms with Crippen LogP contribution in [0, 0.1) is 0 Å². The Morgan fingerprint density at radius 1 is 0.615 bits per heavy atom. The number of hydrogen-bond acceptors (Lipinski definition) is 3. The summed E-state index contributed by atoms with van der Waals surface area (Å²) in [4.78, 5) is 10.2. The van der Waals surface area contributed by atoms with Crippen LogP contribution < -0.4 is 0 Å². The summed E-state index contributed by atoms with van der Waals surface area (Å²) in [5.74, 6) is 0. The molecule has 1 aromatic rings. The van der Waals surface area contributed by atoms with E-state index < -0.39 is 0 Å². The summed E-state index contributed by atoms with van der Waals surface area (Å²) in [6.45, 7) is 15.9. The maximum Gasteiger partial charge on any atom is 0.0547 e. The van der Waals surface area contributed by atoms with Crippen molar-refractivity contribution in [3.05, 3.63) is 29.6 Å². The van der Waals surface area contributed by atoms with Crippen molar-refractivity contribution < 1.29 is 0 Å². The van der Waals surface area contributed by atoms with Gasteiger partial charge in [-0.15, -0.1) is 0 Å². The lowest BCUT2D eigenvalue weighted by Crippen LogP contribution is -2.27. The Morgan fingerprint density at radius 3 is 1.27 bits per heavy atom. The van der Waals surface area contributed by atoms with Crippen LogP contribution in [-0.2, 0) is 13.1 Å². The van der Waals surface area contributed by atoms with Crippen LogP contribution in [0.3, 0.4) is 0 Å². The second-order valence-electron chi connectivity index (χ2n) is 7.59. The molecule has 1 aromatic heterocycles. The Hall–Kier alpha value is -0.930. The van der Waals surface area contributed by atoms with Crippen molar-refractivity contribution in [2.24, 2.45) is 0 Å². The third-order valence-electron chi connectivity index (χ3n) is 4.95. The zero-order chi connectivity index (χ0) is 19.0. The molecule has 0 N–H and O–H groups in total. The first-order valence-electron chi connectivity index (χ1n) is 11.1. The molecule has 26 heavy (non-hydrogen) atoms. The van der Waals surface area contributed by atoms with Crippen LogP contribution in [0.15, 0.2) is 18.2 Å². The van der Waals surface area contributed by atoms with Crippen LogP contribution in [0.25, 0.3) is 0 Å². The highest BCUT2D eigenvalue weighted by molar-refractivity contribution is 5.11. The van der Waals surface area contributed by atoms with Crippen LogP contribution in [0.2, 0.25) is 0 Å². The zero-order valence-electron chi connectivity index (χ0n) is 18.0. The lowest BCUT2D eigenvalue weighted by Gasteiger charge is -2.23. The molecule has 0 radical (unpaired) electrons. The van der Waals surface area contributed by atoms with Crippen molar-refractivity contribution in [3.8, 4) is 0 Å². The second-order valence-corrected chi connectivity index (χ2v) is 7.59. The van der Waals surface area contributed by atoms with Gasteiger partial charge < -0.3 is 0 Å². The van der Waals surface area contributed by atoms with Gasteiger partial charge in [0.15, 0.2) is 0 Å². The highest BCUT2D eigenvalue weighted by Crippen LogP contribution is 2.10. The van der Waals surface area contributed by atoms with E-state index in [9.17, 15) is 0 Å². The molecule has 0 atom stereocenters. The monoisotopic (exact) mass is 361 g/mol. The number of unbranched alkanes of at least 4 members (excludes halogenated alkanes) is 4. The highest BCUT2D eigenvalue weighted by Gasteiger charge is 2.09. The summed E-state index contributed by atoms with van der Waals surface area (Å²) < 4.78 is 0. The lowest BCUT2D eigenvalue weighted by atomic mass is 10.2. The van der Waals surface area contributed by atoms with E-state index in [0.29, 0.717) is 0 Å². The molecule has 0 spiro atoms. The Bertz CT molecular complexity index is 394. The Balaban J connectivity index is 2.67. The SMILES string of the molecule is CCCCN(CCCC)Cc1cccc(CN(CCCC)CCCC)n1. The Labute approximate surface area is 163 Å². The van der Waals surface area contributed by atoms with E-state index in [1.54, 1.807) is 0 Å². The third kappa shape index (κ3) is 10.3. The quantitative estimate of drug-likeness (QED) is 0.366. The third-order valence-corrected chi connectivity index (χ3v) is 4.95. The van der Waals surface area contributed by atoms with E-state index >= 15 is 0 Å². The normalized spacial score (nSPS) is 11.6. The fourth-order valence-electron chi connectivity index (χ4n) is 3.23. The molecule has 1 rings (SSSR count). The molecular formula is C23H43N3. The largest absolute Gasteiger partial charge is 0.298 e.